The molecular weight excluding hydrogens is 376 g/mol. The number of hydrogen-bond donors (Lipinski definition) is 0. The lowest BCUT2D eigenvalue weighted by atomic mass is 10.2. The summed E-state index contributed by atoms with van der Waals surface area (Å²) in [6, 6.07) is 15.9. The highest BCUT2D eigenvalue weighted by Crippen LogP contribution is 2.17. The lowest BCUT2D eigenvalue weighted by molar-refractivity contribution is 0.0971. The Bertz CT molecular complexity index is 1280. The van der Waals surface area contributed by atoms with Gasteiger partial charge in [-0.15, -0.1) is 0 Å². The monoisotopic (exact) mass is 394 g/mol. The maximum Gasteiger partial charge on any atom is 0.315 e. The van der Waals surface area contributed by atoms with Gasteiger partial charge >= 0.3 is 5.91 Å². The number of para-hydroxylation sites is 2. The molecule has 1 amide bonds. The van der Waals surface area contributed by atoms with Crippen LogP contribution in [0.3, 0.4) is 0 Å². The Morgan fingerprint density at radius 2 is 1.96 bits per heavy atom. The second-order valence-electron chi connectivity index (χ2n) is 6.09. The number of nitrogens with zero attached hydrogens (tertiary/aromatic N) is 2. The van der Waals surface area contributed by atoms with Crippen LogP contribution in [-0.2, 0) is 11.3 Å². The zero-order valence-corrected chi connectivity index (χ0v) is 16.1. The molecular formula is C21H18N2O4S. The standard InChI is InChI=1S/C21H18N2O4S/c1-2-26-12-11-23-15-8-4-6-10-19(15)28-21(23)22-20(25)18-13-16(24)14-7-3-5-9-17(14)27-18/h3-10,13H,2,11-12H2,1H3. The molecule has 0 unspecified atom stereocenters. The van der Waals surface area contributed by atoms with E-state index in [0.717, 1.165) is 10.2 Å². The second-order valence-corrected chi connectivity index (χ2v) is 7.10. The van der Waals surface area contributed by atoms with Gasteiger partial charge in [0.1, 0.15) is 5.58 Å². The number of thiazole rings is 1. The first kappa shape index (κ1) is 18.3. The van der Waals surface area contributed by atoms with Crippen molar-refractivity contribution < 1.29 is 13.9 Å². The van der Waals surface area contributed by atoms with Gasteiger partial charge in [0.15, 0.2) is 16.0 Å². The van der Waals surface area contributed by atoms with Gasteiger partial charge in [0.05, 0.1) is 22.2 Å². The number of aromatic nitrogens is 1. The fourth-order valence-electron chi connectivity index (χ4n) is 2.97. The summed E-state index contributed by atoms with van der Waals surface area (Å²) in [5.41, 5.74) is 1.09. The van der Waals surface area contributed by atoms with E-state index < -0.39 is 5.91 Å². The molecule has 7 heteroatoms. The highest BCUT2D eigenvalue weighted by atomic mass is 32.1. The van der Waals surface area contributed by atoms with E-state index in [0.29, 0.717) is 35.5 Å². The van der Waals surface area contributed by atoms with E-state index in [1.54, 1.807) is 24.3 Å². The van der Waals surface area contributed by atoms with Crippen molar-refractivity contribution in [3.05, 3.63) is 75.4 Å². The molecule has 0 aliphatic rings. The van der Waals surface area contributed by atoms with Gasteiger partial charge in [0, 0.05) is 19.2 Å². The van der Waals surface area contributed by atoms with Crippen molar-refractivity contribution in [2.24, 2.45) is 4.99 Å². The Morgan fingerprint density at radius 3 is 2.82 bits per heavy atom. The average Bonchev–Trinajstić information content (AvgIpc) is 3.05. The summed E-state index contributed by atoms with van der Waals surface area (Å²) in [5, 5.41) is 0.438. The molecule has 28 heavy (non-hydrogen) atoms. The molecule has 0 spiro atoms. The van der Waals surface area contributed by atoms with Crippen molar-refractivity contribution in [2.45, 2.75) is 13.5 Å². The molecule has 0 N–H and O–H groups in total. The fourth-order valence-corrected chi connectivity index (χ4v) is 4.03. The third-order valence-corrected chi connectivity index (χ3v) is 5.35. The van der Waals surface area contributed by atoms with Crippen LogP contribution in [0.5, 0.6) is 0 Å². The number of rotatable bonds is 5. The SMILES string of the molecule is CCOCCn1c(=NC(=O)c2cc(=O)c3ccccc3o2)sc2ccccc21. The first-order valence-electron chi connectivity index (χ1n) is 8.95. The Labute approximate surface area is 164 Å². The first-order valence-corrected chi connectivity index (χ1v) is 9.77. The molecule has 0 atom stereocenters. The lowest BCUT2D eigenvalue weighted by Crippen LogP contribution is -2.20. The zero-order chi connectivity index (χ0) is 19.5. The van der Waals surface area contributed by atoms with Crippen molar-refractivity contribution in [2.75, 3.05) is 13.2 Å². The molecule has 0 aliphatic carbocycles. The summed E-state index contributed by atoms with van der Waals surface area (Å²) in [7, 11) is 0. The number of ether oxygens (including phenoxy) is 1. The maximum atomic E-state index is 12.7. The van der Waals surface area contributed by atoms with E-state index in [-0.39, 0.29) is 11.2 Å². The van der Waals surface area contributed by atoms with Gasteiger partial charge in [-0.2, -0.15) is 4.99 Å². The highest BCUT2D eigenvalue weighted by Gasteiger charge is 2.13. The van der Waals surface area contributed by atoms with Crippen molar-refractivity contribution >= 4 is 38.4 Å². The van der Waals surface area contributed by atoms with Gasteiger partial charge in [-0.25, -0.2) is 0 Å². The molecule has 0 aliphatic heterocycles. The number of amides is 1. The molecule has 6 nitrogen and oxygen atoms in total. The number of fused-ring (bicyclic) bond motifs is 2. The third kappa shape index (κ3) is 3.54. The average molecular weight is 394 g/mol. The zero-order valence-electron chi connectivity index (χ0n) is 15.3. The largest absolute Gasteiger partial charge is 0.451 e. The Morgan fingerprint density at radius 1 is 1.18 bits per heavy atom. The van der Waals surface area contributed by atoms with Crippen LogP contribution in [0.1, 0.15) is 17.5 Å². The molecule has 2 aromatic carbocycles. The number of hydrogen-bond acceptors (Lipinski definition) is 5. The van der Waals surface area contributed by atoms with Crippen LogP contribution in [0.2, 0.25) is 0 Å². The van der Waals surface area contributed by atoms with Gasteiger partial charge < -0.3 is 13.7 Å². The van der Waals surface area contributed by atoms with Gasteiger partial charge in [-0.05, 0) is 31.2 Å². The molecule has 2 aromatic heterocycles. The number of benzene rings is 2. The smallest absolute Gasteiger partial charge is 0.315 e. The summed E-state index contributed by atoms with van der Waals surface area (Å²) >= 11 is 1.41. The van der Waals surface area contributed by atoms with Crippen LogP contribution in [0, 0.1) is 0 Å². The summed E-state index contributed by atoms with van der Waals surface area (Å²) in [4.78, 5) is 29.8. The molecule has 0 saturated heterocycles. The van der Waals surface area contributed by atoms with Crippen molar-refractivity contribution in [3.8, 4) is 0 Å². The molecule has 2 heterocycles. The molecule has 0 saturated carbocycles. The van der Waals surface area contributed by atoms with Crippen LogP contribution in [0.4, 0.5) is 0 Å². The van der Waals surface area contributed by atoms with Gasteiger partial charge in [-0.3, -0.25) is 9.59 Å². The maximum absolute atomic E-state index is 12.7. The minimum atomic E-state index is -0.584. The van der Waals surface area contributed by atoms with Crippen LogP contribution < -0.4 is 10.2 Å². The normalized spacial score (nSPS) is 12.1. The van der Waals surface area contributed by atoms with Crippen LogP contribution in [0.15, 0.2) is 68.8 Å². The fraction of sp³-hybridized carbons (Fsp3) is 0.190. The third-order valence-electron chi connectivity index (χ3n) is 4.29. The molecule has 142 valence electrons. The Balaban J connectivity index is 1.80. The van der Waals surface area contributed by atoms with Crippen LogP contribution in [-0.4, -0.2) is 23.7 Å². The van der Waals surface area contributed by atoms with E-state index in [2.05, 4.69) is 4.99 Å². The minimum absolute atomic E-state index is 0.0717. The van der Waals surface area contributed by atoms with Crippen molar-refractivity contribution in [1.82, 2.24) is 4.57 Å². The second kappa shape index (κ2) is 7.92. The Hall–Kier alpha value is -3.03. The van der Waals surface area contributed by atoms with Crippen LogP contribution >= 0.6 is 11.3 Å². The van der Waals surface area contributed by atoms with Gasteiger partial charge in [-0.1, -0.05) is 35.6 Å². The molecule has 0 fully saturated rings. The molecule has 4 rings (SSSR count). The van der Waals surface area contributed by atoms with Gasteiger partial charge in [0.2, 0.25) is 0 Å². The van der Waals surface area contributed by atoms with E-state index in [1.807, 2.05) is 35.8 Å². The van der Waals surface area contributed by atoms with E-state index in [1.165, 1.54) is 17.4 Å². The minimum Gasteiger partial charge on any atom is -0.451 e. The number of carbonyl (C=O) groups is 1. The van der Waals surface area contributed by atoms with Gasteiger partial charge in [0.25, 0.3) is 0 Å². The van der Waals surface area contributed by atoms with Crippen LogP contribution in [0.25, 0.3) is 21.2 Å². The van der Waals surface area contributed by atoms with Crippen molar-refractivity contribution in [1.29, 1.82) is 0 Å². The van der Waals surface area contributed by atoms with Crippen molar-refractivity contribution in [3.63, 3.8) is 0 Å². The van der Waals surface area contributed by atoms with E-state index in [9.17, 15) is 9.59 Å². The Kier molecular flexibility index (Phi) is 5.18. The van der Waals surface area contributed by atoms with E-state index >= 15 is 0 Å². The topological polar surface area (TPSA) is 73.8 Å². The summed E-state index contributed by atoms with van der Waals surface area (Å²) in [6.07, 6.45) is 0. The summed E-state index contributed by atoms with van der Waals surface area (Å²) in [5.74, 6) is -0.655. The number of carbonyl (C=O) groups excluding carboxylic acids is 1. The summed E-state index contributed by atoms with van der Waals surface area (Å²) in [6.45, 7) is 3.65. The quantitative estimate of drug-likeness (QED) is 0.485. The predicted molar refractivity (Wildman–Crippen MR) is 109 cm³/mol. The molecule has 0 radical (unpaired) electrons. The van der Waals surface area contributed by atoms with E-state index in [4.69, 9.17) is 9.15 Å². The molecule has 0 bridgehead atoms. The lowest BCUT2D eigenvalue weighted by Gasteiger charge is -2.05. The highest BCUT2D eigenvalue weighted by molar-refractivity contribution is 7.16. The first-order chi connectivity index (χ1) is 13.7. The summed E-state index contributed by atoms with van der Waals surface area (Å²) < 4.78 is 14.0. The predicted octanol–water partition coefficient (Wildman–Crippen LogP) is 3.59. The molecule has 4 aromatic rings.